The van der Waals surface area contributed by atoms with E-state index < -0.39 is 0 Å². The van der Waals surface area contributed by atoms with Crippen LogP contribution in [0.3, 0.4) is 0 Å². The Hall–Kier alpha value is -4.18. The van der Waals surface area contributed by atoms with Gasteiger partial charge in [0, 0.05) is 42.8 Å². The van der Waals surface area contributed by atoms with Crippen LogP contribution in [0.15, 0.2) is 60.9 Å². The summed E-state index contributed by atoms with van der Waals surface area (Å²) in [7, 11) is 0. The number of nitrogens with zero attached hydrogens (tertiary/aromatic N) is 5. The lowest BCUT2D eigenvalue weighted by molar-refractivity contribution is 0.197. The van der Waals surface area contributed by atoms with Crippen LogP contribution >= 0.6 is 0 Å². The van der Waals surface area contributed by atoms with Crippen LogP contribution in [0.1, 0.15) is 70.3 Å². The van der Waals surface area contributed by atoms with Crippen molar-refractivity contribution in [3.05, 3.63) is 60.9 Å². The van der Waals surface area contributed by atoms with E-state index in [1.807, 2.05) is 53.7 Å². The average Bonchev–Trinajstić information content (AvgIpc) is 3.74. The zero-order chi connectivity index (χ0) is 29.9. The van der Waals surface area contributed by atoms with Crippen molar-refractivity contribution in [2.24, 2.45) is 5.73 Å². The van der Waals surface area contributed by atoms with Crippen molar-refractivity contribution in [3.63, 3.8) is 0 Å². The molecule has 2 amide bonds. The van der Waals surface area contributed by atoms with Gasteiger partial charge in [0.1, 0.15) is 0 Å². The van der Waals surface area contributed by atoms with E-state index in [1.54, 1.807) is 0 Å². The van der Waals surface area contributed by atoms with Gasteiger partial charge in [-0.05, 0) is 63.0 Å². The molecule has 5 N–H and O–H groups in total. The smallest absolute Gasteiger partial charge is 0.321 e. The lowest BCUT2D eigenvalue weighted by atomic mass is 9.92. The summed E-state index contributed by atoms with van der Waals surface area (Å²) in [5.74, 6) is 1.44. The molecule has 2 aliphatic carbocycles. The Morgan fingerprint density at radius 3 is 2.27 bits per heavy atom. The van der Waals surface area contributed by atoms with Gasteiger partial charge >= 0.3 is 6.03 Å². The van der Waals surface area contributed by atoms with Crippen molar-refractivity contribution in [1.29, 1.82) is 0 Å². The fraction of sp³-hybridized carbons (Fsp3) is 0.471. The van der Waals surface area contributed by atoms with E-state index in [0.717, 1.165) is 85.2 Å². The molecule has 0 unspecified atom stereocenters. The summed E-state index contributed by atoms with van der Waals surface area (Å²) in [6.07, 6.45) is 12.5. The van der Waals surface area contributed by atoms with Gasteiger partial charge in [0.05, 0.1) is 12.0 Å². The van der Waals surface area contributed by atoms with Crippen molar-refractivity contribution < 1.29 is 4.79 Å². The first kappa shape index (κ1) is 28.6. The Morgan fingerprint density at radius 2 is 1.50 bits per heavy atom. The highest BCUT2D eigenvalue weighted by atomic mass is 16.2. The summed E-state index contributed by atoms with van der Waals surface area (Å²) >= 11 is 0. The number of imidazole rings is 1. The van der Waals surface area contributed by atoms with Crippen molar-refractivity contribution in [2.45, 2.75) is 88.4 Å². The topological polar surface area (TPSA) is 126 Å². The van der Waals surface area contributed by atoms with Crippen LogP contribution in [-0.2, 0) is 0 Å². The third kappa shape index (κ3) is 6.22. The highest BCUT2D eigenvalue weighted by molar-refractivity contribution is 5.94. The van der Waals surface area contributed by atoms with Crippen LogP contribution in [-0.4, -0.2) is 61.7 Å². The number of hydrogen-bond acceptors (Lipinski definition) is 7. The van der Waals surface area contributed by atoms with Gasteiger partial charge in [-0.3, -0.25) is 0 Å². The van der Waals surface area contributed by atoms with Crippen molar-refractivity contribution >= 4 is 34.6 Å². The molecule has 0 bridgehead atoms. The van der Waals surface area contributed by atoms with E-state index >= 15 is 0 Å². The third-order valence-electron chi connectivity index (χ3n) is 9.62. The van der Waals surface area contributed by atoms with Crippen molar-refractivity contribution in [3.8, 4) is 11.1 Å². The summed E-state index contributed by atoms with van der Waals surface area (Å²) < 4.78 is 2.26. The number of fused-ring (bicyclic) bond motifs is 1. The number of anilines is 3. The molecule has 2 aromatic heterocycles. The molecular weight excluding hydrogens is 550 g/mol. The predicted molar refractivity (Wildman–Crippen MR) is 176 cm³/mol. The SMILES string of the molecule is N[C@H]1CC[C@H](Nc2nc(NC3CCN(C(=O)Nc4ccccc4-c4ccccc4)CC3)c3ncn(C4CCCC4)c3n2)CC1. The Labute approximate surface area is 258 Å². The molecule has 230 valence electrons. The Kier molecular flexibility index (Phi) is 8.33. The number of amides is 2. The minimum absolute atomic E-state index is 0.0646. The summed E-state index contributed by atoms with van der Waals surface area (Å²) in [4.78, 5) is 30.0. The maximum Gasteiger partial charge on any atom is 0.321 e. The van der Waals surface area contributed by atoms with Gasteiger partial charge in [-0.15, -0.1) is 0 Å². The van der Waals surface area contributed by atoms with Crippen LogP contribution < -0.4 is 21.7 Å². The van der Waals surface area contributed by atoms with Gasteiger partial charge in [-0.2, -0.15) is 9.97 Å². The van der Waals surface area contributed by atoms with Crippen LogP contribution in [0.2, 0.25) is 0 Å². The summed E-state index contributed by atoms with van der Waals surface area (Å²) in [6, 6.07) is 19.3. The van der Waals surface area contributed by atoms with E-state index in [4.69, 9.17) is 20.7 Å². The number of para-hydroxylation sites is 1. The van der Waals surface area contributed by atoms with Crippen LogP contribution in [0, 0.1) is 0 Å². The van der Waals surface area contributed by atoms with Gasteiger partial charge < -0.3 is 31.2 Å². The molecule has 4 aromatic rings. The quantitative estimate of drug-likeness (QED) is 0.195. The normalized spacial score (nSPS) is 21.4. The predicted octanol–water partition coefficient (Wildman–Crippen LogP) is 6.40. The molecule has 3 heterocycles. The van der Waals surface area contributed by atoms with Gasteiger partial charge in [-0.1, -0.05) is 61.4 Å². The monoisotopic (exact) mass is 593 g/mol. The maximum atomic E-state index is 13.3. The van der Waals surface area contributed by atoms with Gasteiger partial charge in [-0.25, -0.2) is 9.78 Å². The molecule has 3 aliphatic rings. The molecular formula is C34H43N9O. The molecule has 3 fully saturated rings. The number of carbonyl (C=O) groups is 1. The minimum Gasteiger partial charge on any atom is -0.365 e. The van der Waals surface area contributed by atoms with Crippen molar-refractivity contribution in [1.82, 2.24) is 24.4 Å². The maximum absolute atomic E-state index is 13.3. The second-order valence-corrected chi connectivity index (χ2v) is 12.7. The highest BCUT2D eigenvalue weighted by Crippen LogP contribution is 2.34. The highest BCUT2D eigenvalue weighted by Gasteiger charge is 2.27. The molecule has 0 atom stereocenters. The number of aromatic nitrogens is 4. The number of piperidine rings is 1. The van der Waals surface area contributed by atoms with E-state index in [9.17, 15) is 4.79 Å². The Balaban J connectivity index is 1.04. The van der Waals surface area contributed by atoms with Crippen LogP contribution in [0.4, 0.5) is 22.2 Å². The Bertz CT molecular complexity index is 1570. The van der Waals surface area contributed by atoms with Gasteiger partial charge in [0.2, 0.25) is 5.95 Å². The van der Waals surface area contributed by atoms with Crippen molar-refractivity contribution in [2.75, 3.05) is 29.0 Å². The fourth-order valence-electron chi connectivity index (χ4n) is 7.05. The first-order valence-corrected chi connectivity index (χ1v) is 16.3. The summed E-state index contributed by atoms with van der Waals surface area (Å²) in [6.45, 7) is 1.32. The second-order valence-electron chi connectivity index (χ2n) is 12.7. The standard InChI is InChI=1S/C34H43N9O/c35-24-14-16-25(17-15-24)38-33-40-31(30-32(41-33)43(22-36-30)27-10-4-5-11-27)37-26-18-20-42(21-19-26)34(44)39-29-13-7-6-12-28(29)23-8-2-1-3-9-23/h1-3,6-9,12-13,22,24-27H,4-5,10-11,14-21,35H2,(H,39,44)(H2,37,38,40,41)/t24-,25-. The number of benzene rings is 2. The second kappa shape index (κ2) is 12.8. The van der Waals surface area contributed by atoms with E-state index in [1.165, 1.54) is 12.8 Å². The number of carbonyl (C=O) groups excluding carboxylic acids is 1. The number of rotatable bonds is 7. The average molecular weight is 594 g/mol. The summed E-state index contributed by atoms with van der Waals surface area (Å²) in [5.41, 5.74) is 10.8. The molecule has 7 rings (SSSR count). The number of nitrogens with one attached hydrogen (secondary N) is 3. The molecule has 0 spiro atoms. The molecule has 10 heteroatoms. The first-order chi connectivity index (χ1) is 21.6. The lowest BCUT2D eigenvalue weighted by Gasteiger charge is -2.33. The number of nitrogens with two attached hydrogens (primary N) is 1. The van der Waals surface area contributed by atoms with Crippen LogP contribution in [0.5, 0.6) is 0 Å². The lowest BCUT2D eigenvalue weighted by Crippen LogP contribution is -2.44. The van der Waals surface area contributed by atoms with E-state index in [0.29, 0.717) is 37.2 Å². The fourth-order valence-corrected chi connectivity index (χ4v) is 7.05. The van der Waals surface area contributed by atoms with Crippen LogP contribution in [0.25, 0.3) is 22.3 Å². The molecule has 44 heavy (non-hydrogen) atoms. The molecule has 2 saturated carbocycles. The number of likely N-dealkylation sites (tertiary alicyclic amines) is 1. The number of hydrogen-bond donors (Lipinski definition) is 4. The Morgan fingerprint density at radius 1 is 0.795 bits per heavy atom. The summed E-state index contributed by atoms with van der Waals surface area (Å²) in [5, 5.41) is 10.5. The molecule has 0 radical (unpaired) electrons. The van der Waals surface area contributed by atoms with E-state index in [-0.39, 0.29) is 12.1 Å². The van der Waals surface area contributed by atoms with E-state index in [2.05, 4.69) is 32.7 Å². The van der Waals surface area contributed by atoms with Gasteiger partial charge in [0.25, 0.3) is 0 Å². The number of urea groups is 1. The first-order valence-electron chi connectivity index (χ1n) is 16.3. The zero-order valence-electron chi connectivity index (χ0n) is 25.3. The molecule has 1 aliphatic heterocycles. The minimum atomic E-state index is -0.0646. The molecule has 10 nitrogen and oxygen atoms in total. The molecule has 1 saturated heterocycles. The molecule has 2 aromatic carbocycles. The largest absolute Gasteiger partial charge is 0.365 e. The van der Waals surface area contributed by atoms with Gasteiger partial charge in [0.15, 0.2) is 17.0 Å². The zero-order valence-corrected chi connectivity index (χ0v) is 25.3. The third-order valence-corrected chi connectivity index (χ3v) is 9.62.